The van der Waals surface area contributed by atoms with Crippen LogP contribution < -0.4 is 10.6 Å². The molecule has 172 valence electrons. The van der Waals surface area contributed by atoms with E-state index < -0.39 is 0 Å². The summed E-state index contributed by atoms with van der Waals surface area (Å²) in [5, 5.41) is 6.83. The van der Waals surface area contributed by atoms with Crippen LogP contribution in [0.4, 0.5) is 4.39 Å². The van der Waals surface area contributed by atoms with Gasteiger partial charge in [-0.15, -0.1) is 24.0 Å². The molecule has 1 atom stereocenters. The minimum Gasteiger partial charge on any atom is -0.379 e. The van der Waals surface area contributed by atoms with Crippen molar-refractivity contribution in [3.63, 3.8) is 0 Å². The van der Waals surface area contributed by atoms with E-state index in [9.17, 15) is 4.39 Å². The number of guanidine groups is 1. The summed E-state index contributed by atoms with van der Waals surface area (Å²) in [4.78, 5) is 8.84. The molecule has 8 heteroatoms. The van der Waals surface area contributed by atoms with Crippen molar-refractivity contribution in [2.24, 2.45) is 10.9 Å². The Balaban J connectivity index is 0.00000450. The van der Waals surface area contributed by atoms with Gasteiger partial charge in [0.15, 0.2) is 5.96 Å². The average Bonchev–Trinajstić information content (AvgIpc) is 2.69. The van der Waals surface area contributed by atoms with Crippen molar-refractivity contribution in [3.05, 3.63) is 35.1 Å². The lowest BCUT2D eigenvalue weighted by Gasteiger charge is -2.35. The molecule has 1 heterocycles. The van der Waals surface area contributed by atoms with Crippen molar-refractivity contribution >= 4 is 29.9 Å². The summed E-state index contributed by atoms with van der Waals surface area (Å²) in [6.45, 7) is 10.1. The van der Waals surface area contributed by atoms with Gasteiger partial charge in [0.25, 0.3) is 0 Å². The Labute approximate surface area is 198 Å². The number of hydrogen-bond donors (Lipinski definition) is 2. The minimum atomic E-state index is -0.160. The third-order valence-electron chi connectivity index (χ3n) is 5.09. The van der Waals surface area contributed by atoms with Gasteiger partial charge in [-0.05, 0) is 44.1 Å². The van der Waals surface area contributed by atoms with Crippen molar-refractivity contribution in [1.82, 2.24) is 20.4 Å². The summed E-state index contributed by atoms with van der Waals surface area (Å²) in [5.41, 5.74) is 1.75. The van der Waals surface area contributed by atoms with Gasteiger partial charge in [-0.2, -0.15) is 0 Å². The fourth-order valence-electron chi connectivity index (χ4n) is 3.67. The number of hydrogen-bond acceptors (Lipinski definition) is 4. The highest BCUT2D eigenvalue weighted by atomic mass is 127. The molecule has 1 aliphatic heterocycles. The molecule has 2 N–H and O–H groups in total. The molecule has 1 fully saturated rings. The van der Waals surface area contributed by atoms with Crippen LogP contribution in [0.25, 0.3) is 0 Å². The average molecular weight is 535 g/mol. The predicted octanol–water partition coefficient (Wildman–Crippen LogP) is 2.92. The molecule has 0 amide bonds. The zero-order valence-electron chi connectivity index (χ0n) is 19.1. The normalized spacial score (nSPS) is 16.5. The van der Waals surface area contributed by atoms with Crippen LogP contribution in [-0.2, 0) is 17.8 Å². The number of rotatable bonds is 9. The number of morpholine rings is 1. The van der Waals surface area contributed by atoms with Crippen molar-refractivity contribution in [2.45, 2.75) is 39.4 Å². The molecule has 1 aromatic rings. The van der Waals surface area contributed by atoms with Gasteiger partial charge in [-0.3, -0.25) is 9.89 Å². The summed E-state index contributed by atoms with van der Waals surface area (Å²) < 4.78 is 19.5. The predicted molar refractivity (Wildman–Crippen MR) is 133 cm³/mol. The van der Waals surface area contributed by atoms with E-state index in [1.165, 1.54) is 0 Å². The SMILES string of the molecule is CN=C(NCc1ccc(F)c(CN(C)C)c1)NCC(CC(C)C)N1CCOCC1.I. The zero-order valence-corrected chi connectivity index (χ0v) is 21.4. The van der Waals surface area contributed by atoms with Crippen LogP contribution in [0.1, 0.15) is 31.4 Å². The van der Waals surface area contributed by atoms with Crippen molar-refractivity contribution < 1.29 is 9.13 Å². The van der Waals surface area contributed by atoms with Gasteiger partial charge >= 0.3 is 0 Å². The lowest BCUT2D eigenvalue weighted by molar-refractivity contribution is 0.0132. The zero-order chi connectivity index (χ0) is 21.2. The van der Waals surface area contributed by atoms with E-state index in [-0.39, 0.29) is 29.8 Å². The maximum absolute atomic E-state index is 14.0. The number of benzene rings is 1. The monoisotopic (exact) mass is 535 g/mol. The molecule has 1 unspecified atom stereocenters. The van der Waals surface area contributed by atoms with Gasteiger partial charge in [-0.1, -0.05) is 19.9 Å². The summed E-state index contributed by atoms with van der Waals surface area (Å²) in [5.74, 6) is 1.24. The van der Waals surface area contributed by atoms with Gasteiger partial charge in [-0.25, -0.2) is 4.39 Å². The third-order valence-corrected chi connectivity index (χ3v) is 5.09. The van der Waals surface area contributed by atoms with Crippen LogP contribution in [0.5, 0.6) is 0 Å². The van der Waals surface area contributed by atoms with E-state index in [2.05, 4.69) is 34.4 Å². The van der Waals surface area contributed by atoms with Gasteiger partial charge in [0.2, 0.25) is 0 Å². The molecule has 1 aliphatic rings. The number of nitrogens with zero attached hydrogens (tertiary/aromatic N) is 3. The lowest BCUT2D eigenvalue weighted by Crippen LogP contribution is -2.50. The van der Waals surface area contributed by atoms with E-state index in [1.807, 2.05) is 31.1 Å². The summed E-state index contributed by atoms with van der Waals surface area (Å²) in [6, 6.07) is 5.74. The smallest absolute Gasteiger partial charge is 0.191 e. The lowest BCUT2D eigenvalue weighted by atomic mass is 10.0. The minimum absolute atomic E-state index is 0. The van der Waals surface area contributed by atoms with Gasteiger partial charge in [0.05, 0.1) is 13.2 Å². The Morgan fingerprint density at radius 3 is 2.53 bits per heavy atom. The van der Waals surface area contributed by atoms with Crippen LogP contribution in [-0.4, -0.2) is 75.8 Å². The summed E-state index contributed by atoms with van der Waals surface area (Å²) in [7, 11) is 5.67. The Hall–Kier alpha value is -0.970. The van der Waals surface area contributed by atoms with E-state index in [0.717, 1.165) is 50.8 Å². The molecule has 30 heavy (non-hydrogen) atoms. The highest BCUT2D eigenvalue weighted by Gasteiger charge is 2.22. The molecular formula is C22H39FIN5O. The maximum atomic E-state index is 14.0. The van der Waals surface area contributed by atoms with Crippen LogP contribution in [0, 0.1) is 11.7 Å². The quantitative estimate of drug-likeness (QED) is 0.290. The van der Waals surface area contributed by atoms with Crippen molar-refractivity contribution in [3.8, 4) is 0 Å². The van der Waals surface area contributed by atoms with Crippen LogP contribution >= 0.6 is 24.0 Å². The molecule has 1 saturated heterocycles. The Morgan fingerprint density at radius 2 is 1.93 bits per heavy atom. The molecule has 6 nitrogen and oxygen atoms in total. The Kier molecular flexibility index (Phi) is 12.8. The fourth-order valence-corrected chi connectivity index (χ4v) is 3.67. The first-order valence-corrected chi connectivity index (χ1v) is 10.6. The molecular weight excluding hydrogens is 496 g/mol. The van der Waals surface area contributed by atoms with E-state index in [4.69, 9.17) is 4.74 Å². The second-order valence-electron chi connectivity index (χ2n) is 8.40. The molecule has 0 aromatic heterocycles. The second-order valence-corrected chi connectivity index (χ2v) is 8.40. The van der Waals surface area contributed by atoms with Crippen LogP contribution in [0.2, 0.25) is 0 Å². The molecule has 2 rings (SSSR count). The number of halogens is 2. The van der Waals surface area contributed by atoms with Gasteiger partial charge in [0.1, 0.15) is 5.82 Å². The highest BCUT2D eigenvalue weighted by Crippen LogP contribution is 2.14. The van der Waals surface area contributed by atoms with Crippen LogP contribution in [0.15, 0.2) is 23.2 Å². The molecule has 0 spiro atoms. The second kappa shape index (κ2) is 14.2. The first-order valence-electron chi connectivity index (χ1n) is 10.6. The van der Waals surface area contributed by atoms with Crippen molar-refractivity contribution in [2.75, 3.05) is 54.0 Å². The molecule has 0 radical (unpaired) electrons. The summed E-state index contributed by atoms with van der Waals surface area (Å²) >= 11 is 0. The number of ether oxygens (including phenoxy) is 1. The Morgan fingerprint density at radius 1 is 1.23 bits per heavy atom. The van der Waals surface area contributed by atoms with E-state index in [0.29, 0.717) is 30.6 Å². The van der Waals surface area contributed by atoms with Crippen molar-refractivity contribution in [1.29, 1.82) is 0 Å². The van der Waals surface area contributed by atoms with Crippen LogP contribution in [0.3, 0.4) is 0 Å². The van der Waals surface area contributed by atoms with Gasteiger partial charge in [0, 0.05) is 51.4 Å². The molecule has 0 aliphatic carbocycles. The first-order chi connectivity index (χ1) is 13.9. The molecule has 0 bridgehead atoms. The van der Waals surface area contributed by atoms with E-state index >= 15 is 0 Å². The number of aliphatic imine (C=N–C) groups is 1. The molecule has 1 aromatic carbocycles. The first kappa shape index (κ1) is 27.1. The van der Waals surface area contributed by atoms with E-state index in [1.54, 1.807) is 13.1 Å². The fraction of sp³-hybridized carbons (Fsp3) is 0.682. The molecule has 0 saturated carbocycles. The highest BCUT2D eigenvalue weighted by molar-refractivity contribution is 14.0. The number of nitrogens with one attached hydrogen (secondary N) is 2. The topological polar surface area (TPSA) is 52.1 Å². The largest absolute Gasteiger partial charge is 0.379 e. The third kappa shape index (κ3) is 9.45. The standard InChI is InChI=1S/C22H38FN5O.HI/c1-17(2)12-20(28-8-10-29-11-9-28)15-26-22(24-3)25-14-18-6-7-21(23)19(13-18)16-27(4)5;/h6-7,13,17,20H,8-12,14-16H2,1-5H3,(H2,24,25,26);1H. The summed E-state index contributed by atoms with van der Waals surface area (Å²) in [6.07, 6.45) is 1.13. The Bertz CT molecular complexity index is 650. The van der Waals surface area contributed by atoms with Gasteiger partial charge < -0.3 is 20.3 Å². The maximum Gasteiger partial charge on any atom is 0.191 e.